The standard InChI is InChI=1S/C12H22ClNO/c1-10(2)7-11(15)14-9-12(8-13)5-3-4-6-12/h10H,3-9H2,1-2H3,(H,14,15). The van der Waals surface area contributed by atoms with E-state index in [9.17, 15) is 4.79 Å². The molecule has 0 spiro atoms. The molecule has 2 nitrogen and oxygen atoms in total. The van der Waals surface area contributed by atoms with Crippen LogP contribution >= 0.6 is 11.6 Å². The lowest BCUT2D eigenvalue weighted by molar-refractivity contribution is -0.122. The van der Waals surface area contributed by atoms with Gasteiger partial charge in [0.05, 0.1) is 0 Å². The van der Waals surface area contributed by atoms with E-state index >= 15 is 0 Å². The molecule has 0 unspecified atom stereocenters. The smallest absolute Gasteiger partial charge is 0.220 e. The first-order valence-corrected chi connectivity index (χ1v) is 6.44. The lowest BCUT2D eigenvalue weighted by Crippen LogP contribution is -2.37. The highest BCUT2D eigenvalue weighted by atomic mass is 35.5. The van der Waals surface area contributed by atoms with Gasteiger partial charge in [-0.1, -0.05) is 26.7 Å². The molecule has 0 atom stereocenters. The summed E-state index contributed by atoms with van der Waals surface area (Å²) >= 11 is 6.00. The van der Waals surface area contributed by atoms with Gasteiger partial charge in [-0.15, -0.1) is 11.6 Å². The fourth-order valence-electron chi connectivity index (χ4n) is 2.21. The lowest BCUT2D eigenvalue weighted by Gasteiger charge is -2.26. The molecule has 0 aliphatic heterocycles. The van der Waals surface area contributed by atoms with Crippen LogP contribution in [0, 0.1) is 11.3 Å². The van der Waals surface area contributed by atoms with Gasteiger partial charge in [0, 0.05) is 24.3 Å². The van der Waals surface area contributed by atoms with Gasteiger partial charge < -0.3 is 5.32 Å². The van der Waals surface area contributed by atoms with Gasteiger partial charge in [0.2, 0.25) is 5.91 Å². The van der Waals surface area contributed by atoms with Crippen LogP contribution in [0.4, 0.5) is 0 Å². The van der Waals surface area contributed by atoms with Gasteiger partial charge in [0.1, 0.15) is 0 Å². The van der Waals surface area contributed by atoms with E-state index in [-0.39, 0.29) is 11.3 Å². The summed E-state index contributed by atoms with van der Waals surface area (Å²) in [6.07, 6.45) is 5.47. The summed E-state index contributed by atoms with van der Waals surface area (Å²) in [5, 5.41) is 3.02. The molecule has 0 aromatic carbocycles. The highest BCUT2D eigenvalue weighted by Crippen LogP contribution is 2.38. The molecule has 15 heavy (non-hydrogen) atoms. The van der Waals surface area contributed by atoms with Crippen LogP contribution in [-0.2, 0) is 4.79 Å². The number of nitrogens with one attached hydrogen (secondary N) is 1. The topological polar surface area (TPSA) is 29.1 Å². The first-order chi connectivity index (χ1) is 7.08. The molecular formula is C12H22ClNO. The summed E-state index contributed by atoms with van der Waals surface area (Å²) in [6.45, 7) is 4.89. The summed E-state index contributed by atoms with van der Waals surface area (Å²) in [4.78, 5) is 11.5. The summed E-state index contributed by atoms with van der Waals surface area (Å²) in [6, 6.07) is 0. The van der Waals surface area contributed by atoms with Crippen LogP contribution < -0.4 is 5.32 Å². The van der Waals surface area contributed by atoms with Crippen molar-refractivity contribution in [2.24, 2.45) is 11.3 Å². The second kappa shape index (κ2) is 5.74. The summed E-state index contributed by atoms with van der Waals surface area (Å²) < 4.78 is 0. The van der Waals surface area contributed by atoms with Crippen molar-refractivity contribution in [3.05, 3.63) is 0 Å². The van der Waals surface area contributed by atoms with Gasteiger partial charge in [-0.25, -0.2) is 0 Å². The Kier molecular flexibility index (Phi) is 4.91. The third-order valence-electron chi connectivity index (χ3n) is 3.20. The maximum absolute atomic E-state index is 11.5. The molecule has 1 amide bonds. The van der Waals surface area contributed by atoms with Gasteiger partial charge in [0.25, 0.3) is 0 Å². The average molecular weight is 232 g/mol. The molecule has 0 heterocycles. The van der Waals surface area contributed by atoms with Crippen molar-refractivity contribution in [1.29, 1.82) is 0 Å². The maximum Gasteiger partial charge on any atom is 0.220 e. The second-order valence-corrected chi connectivity index (χ2v) is 5.48. The zero-order valence-corrected chi connectivity index (χ0v) is 10.6. The third kappa shape index (κ3) is 4.02. The van der Waals surface area contributed by atoms with Crippen molar-refractivity contribution in [3.8, 4) is 0 Å². The van der Waals surface area contributed by atoms with E-state index in [0.717, 1.165) is 6.54 Å². The maximum atomic E-state index is 11.5. The molecule has 1 N–H and O–H groups in total. The van der Waals surface area contributed by atoms with Crippen molar-refractivity contribution in [2.75, 3.05) is 12.4 Å². The number of carbonyl (C=O) groups is 1. The van der Waals surface area contributed by atoms with Crippen molar-refractivity contribution in [3.63, 3.8) is 0 Å². The highest BCUT2D eigenvalue weighted by molar-refractivity contribution is 6.18. The molecule has 1 aliphatic carbocycles. The fourth-order valence-corrected chi connectivity index (χ4v) is 2.57. The van der Waals surface area contributed by atoms with Crippen LogP contribution in [0.15, 0.2) is 0 Å². The number of halogens is 1. The minimum absolute atomic E-state index is 0.168. The van der Waals surface area contributed by atoms with Crippen molar-refractivity contribution in [2.45, 2.75) is 46.0 Å². The molecule has 0 saturated heterocycles. The normalized spacial score (nSPS) is 19.5. The van der Waals surface area contributed by atoms with E-state index in [4.69, 9.17) is 11.6 Å². The number of alkyl halides is 1. The Bertz CT molecular complexity index is 210. The van der Waals surface area contributed by atoms with Crippen LogP contribution in [-0.4, -0.2) is 18.3 Å². The highest BCUT2D eigenvalue weighted by Gasteiger charge is 2.33. The Balaban J connectivity index is 2.31. The zero-order valence-electron chi connectivity index (χ0n) is 9.81. The molecule has 1 aliphatic rings. The first-order valence-electron chi connectivity index (χ1n) is 5.91. The van der Waals surface area contributed by atoms with Crippen LogP contribution in [0.2, 0.25) is 0 Å². The first kappa shape index (κ1) is 12.8. The Morgan fingerprint density at radius 2 is 2.00 bits per heavy atom. The summed E-state index contributed by atoms with van der Waals surface area (Å²) in [5.41, 5.74) is 0.189. The number of hydrogen-bond acceptors (Lipinski definition) is 1. The predicted octanol–water partition coefficient (Wildman–Crippen LogP) is 2.95. The van der Waals surface area contributed by atoms with Crippen molar-refractivity contribution < 1.29 is 4.79 Å². The predicted molar refractivity (Wildman–Crippen MR) is 64.1 cm³/mol. The number of rotatable bonds is 5. The Morgan fingerprint density at radius 3 is 2.47 bits per heavy atom. The largest absolute Gasteiger partial charge is 0.355 e. The number of carbonyl (C=O) groups excluding carboxylic acids is 1. The fraction of sp³-hybridized carbons (Fsp3) is 0.917. The summed E-state index contributed by atoms with van der Waals surface area (Å²) in [7, 11) is 0. The molecule has 1 rings (SSSR count). The van der Waals surface area contributed by atoms with Gasteiger partial charge in [-0.3, -0.25) is 4.79 Å². The minimum Gasteiger partial charge on any atom is -0.355 e. The average Bonchev–Trinajstić information content (AvgIpc) is 2.63. The molecule has 0 radical (unpaired) electrons. The number of hydrogen-bond donors (Lipinski definition) is 1. The van der Waals surface area contributed by atoms with Crippen LogP contribution in [0.3, 0.4) is 0 Å². The van der Waals surface area contributed by atoms with E-state index in [1.54, 1.807) is 0 Å². The lowest BCUT2D eigenvalue weighted by atomic mass is 9.88. The molecule has 0 aromatic heterocycles. The van der Waals surface area contributed by atoms with E-state index in [2.05, 4.69) is 19.2 Å². The molecule has 0 bridgehead atoms. The molecule has 88 valence electrons. The summed E-state index contributed by atoms with van der Waals surface area (Å²) in [5.74, 6) is 1.27. The quantitative estimate of drug-likeness (QED) is 0.725. The van der Waals surface area contributed by atoms with Crippen LogP contribution in [0.5, 0.6) is 0 Å². The van der Waals surface area contributed by atoms with E-state index in [1.807, 2.05) is 0 Å². The van der Waals surface area contributed by atoms with Crippen LogP contribution in [0.25, 0.3) is 0 Å². The molecule has 1 fully saturated rings. The Labute approximate surface area is 97.8 Å². The second-order valence-electron chi connectivity index (χ2n) is 5.22. The van der Waals surface area contributed by atoms with Crippen molar-refractivity contribution in [1.82, 2.24) is 5.32 Å². The minimum atomic E-state index is 0.168. The molecule has 1 saturated carbocycles. The van der Waals surface area contributed by atoms with Crippen LogP contribution in [0.1, 0.15) is 46.0 Å². The van der Waals surface area contributed by atoms with Gasteiger partial charge in [-0.05, 0) is 18.8 Å². The van der Waals surface area contributed by atoms with Gasteiger partial charge in [-0.2, -0.15) is 0 Å². The van der Waals surface area contributed by atoms with E-state index < -0.39 is 0 Å². The Hall–Kier alpha value is -0.240. The SMILES string of the molecule is CC(C)CC(=O)NCC1(CCl)CCCC1. The number of amides is 1. The third-order valence-corrected chi connectivity index (χ3v) is 3.77. The monoisotopic (exact) mass is 231 g/mol. The van der Waals surface area contributed by atoms with Gasteiger partial charge in [0.15, 0.2) is 0 Å². The molecular weight excluding hydrogens is 210 g/mol. The van der Waals surface area contributed by atoms with E-state index in [1.165, 1.54) is 25.7 Å². The molecule has 3 heteroatoms. The zero-order chi connectivity index (χ0) is 11.3. The van der Waals surface area contributed by atoms with E-state index in [0.29, 0.717) is 18.2 Å². The molecule has 0 aromatic rings. The van der Waals surface area contributed by atoms with Gasteiger partial charge >= 0.3 is 0 Å². The Morgan fingerprint density at radius 1 is 1.40 bits per heavy atom. The van der Waals surface area contributed by atoms with Crippen molar-refractivity contribution >= 4 is 17.5 Å².